The lowest BCUT2D eigenvalue weighted by Gasteiger charge is -2.51. The molecule has 52 heavy (non-hydrogen) atoms. The summed E-state index contributed by atoms with van der Waals surface area (Å²) in [5.74, 6) is -6.39. The van der Waals surface area contributed by atoms with Gasteiger partial charge in [-0.1, -0.05) is 16.8 Å². The van der Waals surface area contributed by atoms with Crippen molar-refractivity contribution in [1.29, 1.82) is 0 Å². The fourth-order valence-electron chi connectivity index (χ4n) is 7.39. The lowest BCUT2D eigenvalue weighted by atomic mass is 9.93. The van der Waals surface area contributed by atoms with Gasteiger partial charge in [-0.05, 0) is 12.1 Å². The van der Waals surface area contributed by atoms with Gasteiger partial charge >= 0.3 is 11.9 Å². The summed E-state index contributed by atoms with van der Waals surface area (Å²) in [6, 6.07) is -0.0530. The molecule has 4 aliphatic heterocycles. The van der Waals surface area contributed by atoms with Gasteiger partial charge in [0, 0.05) is 48.4 Å². The van der Waals surface area contributed by atoms with Gasteiger partial charge in [-0.25, -0.2) is 14.6 Å². The molecule has 5 heterocycles. The summed E-state index contributed by atoms with van der Waals surface area (Å²) in [4.78, 5) is 74.7. The van der Waals surface area contributed by atoms with Crippen LogP contribution in [0.4, 0.5) is 5.13 Å². The number of nitrogens with one attached hydrogen (secondary N) is 2. The van der Waals surface area contributed by atoms with Gasteiger partial charge in [0.05, 0.1) is 29.7 Å². The van der Waals surface area contributed by atoms with Gasteiger partial charge in [0.25, 0.3) is 17.7 Å². The van der Waals surface area contributed by atoms with E-state index < -0.39 is 76.0 Å². The summed E-state index contributed by atoms with van der Waals surface area (Å²) >= 11 is 8.22. The number of amides is 3. The third-order valence-electron chi connectivity index (χ3n) is 10.0. The molecule has 18 nitrogen and oxygen atoms in total. The number of rotatable bonds is 12. The molecule has 3 saturated heterocycles. The van der Waals surface area contributed by atoms with Crippen LogP contribution in [-0.4, -0.2) is 132 Å². The number of nitrogen functional groups attached to an aromatic ring is 1. The number of thioether (sulfide) groups is 1. The molecule has 0 saturated carbocycles. The number of fused-ring (bicyclic) bond motifs is 3. The molecular weight excluding hydrogens is 744 g/mol. The summed E-state index contributed by atoms with van der Waals surface area (Å²) in [5, 5.41) is 48.1. The van der Waals surface area contributed by atoms with E-state index in [-0.39, 0.29) is 28.1 Å². The first-order valence-electron chi connectivity index (χ1n) is 16.1. The van der Waals surface area contributed by atoms with Crippen LogP contribution in [0.5, 0.6) is 11.5 Å². The number of carboxylic acids is 2. The number of hydrogen-bond acceptors (Lipinski definition) is 14. The molecule has 21 heteroatoms. The second kappa shape index (κ2) is 14.4. The lowest BCUT2D eigenvalue weighted by Crippen LogP contribution is -2.71. The van der Waals surface area contributed by atoms with Crippen LogP contribution in [0.2, 0.25) is 5.02 Å². The van der Waals surface area contributed by atoms with Crippen LogP contribution in [0.3, 0.4) is 0 Å². The number of nitrogens with two attached hydrogens (primary N) is 2. The predicted octanol–water partition coefficient (Wildman–Crippen LogP) is 0.231. The number of aliphatic carboxylic acids is 2. The van der Waals surface area contributed by atoms with Crippen LogP contribution in [0.15, 0.2) is 33.9 Å². The number of carbonyl (C=O) groups excluding carboxylic acids is 3. The molecule has 4 aliphatic rings. The number of halogens is 1. The quantitative estimate of drug-likeness (QED) is 0.0471. The second-order valence-electron chi connectivity index (χ2n) is 13.2. The number of β-lactam (4-membered cyclic amide) rings is 1. The Morgan fingerprint density at radius 2 is 1.88 bits per heavy atom. The number of nitrogens with zero attached hydrogens (tertiary/aromatic N) is 4. The fraction of sp³-hybridized carbons (Fsp3) is 0.452. The molecular formula is C31H36ClN8O10S2+. The number of aromatic nitrogens is 1. The number of carbonyl (C=O) groups is 5. The molecule has 0 aliphatic carbocycles. The van der Waals surface area contributed by atoms with Gasteiger partial charge in [-0.15, -0.1) is 23.1 Å². The van der Waals surface area contributed by atoms with E-state index in [0.29, 0.717) is 34.4 Å². The number of phenolic OH excluding ortho intramolecular Hbond substituents is 2. The van der Waals surface area contributed by atoms with Crippen molar-refractivity contribution >= 4 is 75.2 Å². The second-order valence-corrected chi connectivity index (χ2v) is 15.6. The molecule has 0 unspecified atom stereocenters. The van der Waals surface area contributed by atoms with Crippen LogP contribution in [0, 0.1) is 0 Å². The van der Waals surface area contributed by atoms with Crippen molar-refractivity contribution < 1.29 is 53.7 Å². The van der Waals surface area contributed by atoms with Gasteiger partial charge in [0.1, 0.15) is 36.0 Å². The SMILES string of the molecule is C[N+]1(CC2=C(C(=O)O)N3C(=O)[C@@H](NC(=O)/C(=N\OC[C@H](NC(=O)c4ccc(O)c(O)c4Cl)C(=O)O)c4csc(N)n4)[C@H]3SC2)[C@H]2CC[C@H]1CC(N)C2. The average molecular weight is 780 g/mol. The Kier molecular flexibility index (Phi) is 10.3. The van der Waals surface area contributed by atoms with Crippen LogP contribution >= 0.6 is 34.7 Å². The molecule has 3 amide bonds. The third kappa shape index (κ3) is 6.83. The Balaban J connectivity index is 1.16. The molecule has 278 valence electrons. The minimum Gasteiger partial charge on any atom is -0.504 e. The van der Waals surface area contributed by atoms with Crippen LogP contribution in [-0.2, 0) is 24.0 Å². The van der Waals surface area contributed by atoms with Crippen LogP contribution in [0.25, 0.3) is 0 Å². The Bertz CT molecular complexity index is 1890. The highest BCUT2D eigenvalue weighted by Gasteiger charge is 2.57. The predicted molar refractivity (Wildman–Crippen MR) is 187 cm³/mol. The molecule has 1 aromatic heterocycles. The molecule has 5 atom stereocenters. The molecule has 3 fully saturated rings. The first kappa shape index (κ1) is 37.1. The van der Waals surface area contributed by atoms with E-state index in [2.05, 4.69) is 27.8 Å². The van der Waals surface area contributed by atoms with E-state index in [0.717, 1.165) is 49.2 Å². The van der Waals surface area contributed by atoms with E-state index >= 15 is 0 Å². The molecule has 2 bridgehead atoms. The monoisotopic (exact) mass is 779 g/mol. The number of piperidine rings is 1. The topological polar surface area (TPSA) is 280 Å². The molecule has 0 radical (unpaired) electrons. The number of quaternary nitrogens is 1. The zero-order valence-corrected chi connectivity index (χ0v) is 29.9. The maximum Gasteiger partial charge on any atom is 0.352 e. The van der Waals surface area contributed by atoms with Crippen molar-refractivity contribution in [3.63, 3.8) is 0 Å². The first-order valence-corrected chi connectivity index (χ1v) is 18.4. The summed E-state index contributed by atoms with van der Waals surface area (Å²) in [5.41, 5.74) is 11.8. The van der Waals surface area contributed by atoms with E-state index in [4.69, 9.17) is 27.9 Å². The first-order chi connectivity index (χ1) is 24.6. The lowest BCUT2D eigenvalue weighted by molar-refractivity contribution is -0.944. The minimum atomic E-state index is -1.73. The maximum atomic E-state index is 13.6. The summed E-state index contributed by atoms with van der Waals surface area (Å²) in [6.45, 7) is -0.319. The normalized spacial score (nSPS) is 27.4. The van der Waals surface area contributed by atoms with Crippen molar-refractivity contribution in [3.05, 3.63) is 45.1 Å². The number of hydrogen-bond donors (Lipinski definition) is 8. The van der Waals surface area contributed by atoms with Gasteiger partial charge in [0.15, 0.2) is 28.4 Å². The van der Waals surface area contributed by atoms with Crippen molar-refractivity contribution in [1.82, 2.24) is 20.5 Å². The number of oxime groups is 1. The number of phenols is 2. The van der Waals surface area contributed by atoms with Crippen molar-refractivity contribution in [2.75, 3.05) is 31.7 Å². The summed E-state index contributed by atoms with van der Waals surface area (Å²) < 4.78 is 0.685. The van der Waals surface area contributed by atoms with E-state index in [1.807, 2.05) is 0 Å². The Morgan fingerprint density at radius 1 is 1.19 bits per heavy atom. The Morgan fingerprint density at radius 3 is 2.50 bits per heavy atom. The number of aromatic hydroxyl groups is 2. The highest BCUT2D eigenvalue weighted by atomic mass is 35.5. The minimum absolute atomic E-state index is 0.0524. The Hall–Kier alpha value is -4.63. The smallest absolute Gasteiger partial charge is 0.352 e. The summed E-state index contributed by atoms with van der Waals surface area (Å²) in [6.07, 6.45) is 3.75. The number of benzene rings is 1. The zero-order chi connectivity index (χ0) is 37.6. The average Bonchev–Trinajstić information content (AvgIpc) is 3.56. The zero-order valence-electron chi connectivity index (χ0n) is 27.5. The highest BCUT2D eigenvalue weighted by Crippen LogP contribution is 2.45. The molecule has 0 spiro atoms. The van der Waals surface area contributed by atoms with Gasteiger partial charge in [0.2, 0.25) is 0 Å². The van der Waals surface area contributed by atoms with Crippen LogP contribution < -0.4 is 22.1 Å². The largest absolute Gasteiger partial charge is 0.504 e. The van der Waals surface area contributed by atoms with E-state index in [1.54, 1.807) is 0 Å². The van der Waals surface area contributed by atoms with Crippen molar-refractivity contribution in [2.45, 2.75) is 61.3 Å². The molecule has 10 N–H and O–H groups in total. The fourth-order valence-corrected chi connectivity index (χ4v) is 9.52. The number of anilines is 1. The number of likely N-dealkylation sites (N-methyl/N-ethyl adjacent to an activating group) is 1. The van der Waals surface area contributed by atoms with Crippen LogP contribution in [0.1, 0.15) is 41.7 Å². The van der Waals surface area contributed by atoms with Crippen molar-refractivity contribution in [3.8, 4) is 11.5 Å². The van der Waals surface area contributed by atoms with Crippen molar-refractivity contribution in [2.24, 2.45) is 10.9 Å². The number of carboxylic acid groups (broad SMARTS) is 2. The van der Waals surface area contributed by atoms with E-state index in [1.165, 1.54) is 22.0 Å². The number of thiazole rings is 1. The standard InChI is InChI=1S/C31H35ClN8O10S2/c1-40(14-2-3-15(40)7-13(33)6-14)8-12-10-51-28-22(27(45)39(28)23(12)30(48)49)37-26(44)21(18-11-52-31(34)36-18)38-50-9-17(29(46)47)35-25(43)16-4-5-19(41)24(42)20(16)32/h4-5,11,13-15,17,22,28H,2-3,6-10,33H2,1H3,(H7-,34,35,36,37,38,41,42,43,44,46,47,48,49)/p+1/t13?,14-,15-,17-,22+,28+,40?/m0/s1. The molecule has 2 aromatic rings. The van der Waals surface area contributed by atoms with Gasteiger partial charge in [-0.3, -0.25) is 19.3 Å². The maximum absolute atomic E-state index is 13.6. The highest BCUT2D eigenvalue weighted by molar-refractivity contribution is 8.00. The summed E-state index contributed by atoms with van der Waals surface area (Å²) in [7, 11) is 2.14. The van der Waals surface area contributed by atoms with E-state index in [9.17, 15) is 44.4 Å². The third-order valence-corrected chi connectivity index (χ3v) is 12.4. The molecule has 1 aromatic carbocycles. The molecule has 6 rings (SSSR count). The Labute approximate surface area is 309 Å². The van der Waals surface area contributed by atoms with Gasteiger partial charge in [-0.2, -0.15) is 0 Å². The van der Waals surface area contributed by atoms with Gasteiger partial charge < -0.3 is 51.8 Å².